The van der Waals surface area contributed by atoms with Gasteiger partial charge in [-0.2, -0.15) is 0 Å². The third-order valence-corrected chi connectivity index (χ3v) is 4.50. The molecule has 4 heteroatoms. The lowest BCUT2D eigenvalue weighted by Crippen LogP contribution is -2.28. The van der Waals surface area contributed by atoms with Crippen molar-refractivity contribution in [2.24, 2.45) is 5.41 Å². The number of ketones is 1. The highest BCUT2D eigenvalue weighted by atomic mass is 79.9. The molecule has 0 saturated heterocycles. The van der Waals surface area contributed by atoms with Crippen LogP contribution in [-0.4, -0.2) is 23.2 Å². The molecule has 2 unspecified atom stereocenters. The van der Waals surface area contributed by atoms with Gasteiger partial charge in [0.05, 0.1) is 12.5 Å². The highest BCUT2D eigenvalue weighted by molar-refractivity contribution is 9.10. The van der Waals surface area contributed by atoms with Gasteiger partial charge in [0.1, 0.15) is 4.32 Å². The highest BCUT2D eigenvalue weighted by Gasteiger charge is 2.72. The first-order valence-corrected chi connectivity index (χ1v) is 5.52. The predicted molar refractivity (Wildman–Crippen MR) is 56.3 cm³/mol. The number of carbonyl (C=O) groups is 2. The fourth-order valence-corrected chi connectivity index (χ4v) is 2.65. The molecular weight excluding hydrogens is 248 g/mol. The third-order valence-electron chi connectivity index (χ3n) is 2.90. The number of hydrogen-bond donors (Lipinski definition) is 0. The number of alkyl halides is 1. The number of hydrogen-bond acceptors (Lipinski definition) is 3. The van der Waals surface area contributed by atoms with E-state index in [-0.39, 0.29) is 11.8 Å². The van der Waals surface area contributed by atoms with Gasteiger partial charge >= 0.3 is 5.97 Å². The monoisotopic (exact) mass is 262 g/mol. The van der Waals surface area contributed by atoms with Crippen molar-refractivity contribution in [1.29, 1.82) is 0 Å². The fraction of sp³-hybridized carbons (Fsp3) is 0.800. The molecule has 1 fully saturated rings. The van der Waals surface area contributed by atoms with Gasteiger partial charge in [-0.3, -0.25) is 9.59 Å². The number of methoxy groups -OCH3 is 1. The van der Waals surface area contributed by atoms with Crippen molar-refractivity contribution >= 4 is 27.7 Å². The molecule has 0 aromatic carbocycles. The van der Waals surface area contributed by atoms with Crippen molar-refractivity contribution in [3.8, 4) is 0 Å². The highest BCUT2D eigenvalue weighted by Crippen LogP contribution is 2.63. The number of esters is 1. The lowest BCUT2D eigenvalue weighted by atomic mass is 10.0. The Bertz CT molecular complexity index is 277. The molecule has 0 N–H and O–H groups in total. The van der Waals surface area contributed by atoms with Crippen LogP contribution in [0.2, 0.25) is 0 Å². The van der Waals surface area contributed by atoms with Gasteiger partial charge in [-0.15, -0.1) is 0 Å². The Morgan fingerprint density at radius 2 is 2.07 bits per heavy atom. The number of ether oxygens (including phenoxy) is 1. The summed E-state index contributed by atoms with van der Waals surface area (Å²) in [5.41, 5.74) is -0.659. The zero-order chi connectivity index (χ0) is 11.0. The minimum absolute atomic E-state index is 0.105. The van der Waals surface area contributed by atoms with E-state index in [1.807, 2.05) is 6.92 Å². The van der Waals surface area contributed by atoms with Gasteiger partial charge in [0.15, 0.2) is 5.78 Å². The van der Waals surface area contributed by atoms with Crippen molar-refractivity contribution < 1.29 is 14.3 Å². The topological polar surface area (TPSA) is 43.4 Å². The van der Waals surface area contributed by atoms with Gasteiger partial charge in [-0.25, -0.2) is 0 Å². The minimum atomic E-state index is -0.664. The molecule has 2 atom stereocenters. The second kappa shape index (κ2) is 3.65. The van der Waals surface area contributed by atoms with Gasteiger partial charge in [-0.05, 0) is 19.8 Å². The quantitative estimate of drug-likeness (QED) is 0.576. The predicted octanol–water partition coefficient (Wildman–Crippen LogP) is 2.07. The van der Waals surface area contributed by atoms with Gasteiger partial charge in [0, 0.05) is 6.42 Å². The van der Waals surface area contributed by atoms with E-state index in [0.29, 0.717) is 12.8 Å². The van der Waals surface area contributed by atoms with E-state index in [1.54, 1.807) is 6.92 Å². The van der Waals surface area contributed by atoms with E-state index < -0.39 is 9.74 Å². The molecule has 3 nitrogen and oxygen atoms in total. The second-order valence-electron chi connectivity index (χ2n) is 3.97. The molecule has 0 radical (unpaired) electrons. The van der Waals surface area contributed by atoms with Gasteiger partial charge in [0.25, 0.3) is 0 Å². The van der Waals surface area contributed by atoms with Crippen LogP contribution in [-0.2, 0) is 14.3 Å². The Hall–Kier alpha value is -0.380. The van der Waals surface area contributed by atoms with Crippen LogP contribution in [0.1, 0.15) is 33.1 Å². The molecule has 1 rings (SSSR count). The first-order chi connectivity index (χ1) is 6.42. The molecule has 0 aromatic rings. The number of carbonyl (C=O) groups excluding carboxylic acids is 2. The maximum atomic E-state index is 11.7. The van der Waals surface area contributed by atoms with E-state index in [1.165, 1.54) is 7.11 Å². The normalized spacial score (nSPS) is 35.1. The van der Waals surface area contributed by atoms with Gasteiger partial charge < -0.3 is 4.74 Å². The summed E-state index contributed by atoms with van der Waals surface area (Å²) in [6, 6.07) is 0. The van der Waals surface area contributed by atoms with Crippen molar-refractivity contribution in [1.82, 2.24) is 0 Å². The second-order valence-corrected chi connectivity index (χ2v) is 5.33. The molecule has 0 bridgehead atoms. The minimum Gasteiger partial charge on any atom is -0.469 e. The fourth-order valence-electron chi connectivity index (χ4n) is 1.73. The molecule has 14 heavy (non-hydrogen) atoms. The van der Waals surface area contributed by atoms with E-state index in [2.05, 4.69) is 20.7 Å². The van der Waals surface area contributed by atoms with Crippen LogP contribution in [0.15, 0.2) is 0 Å². The van der Waals surface area contributed by atoms with Crippen molar-refractivity contribution in [3.05, 3.63) is 0 Å². The molecule has 80 valence electrons. The van der Waals surface area contributed by atoms with Crippen LogP contribution < -0.4 is 0 Å². The lowest BCUT2D eigenvalue weighted by Gasteiger charge is -2.13. The Morgan fingerprint density at radius 1 is 1.50 bits per heavy atom. The van der Waals surface area contributed by atoms with Crippen molar-refractivity contribution in [2.45, 2.75) is 37.4 Å². The Kier molecular flexibility index (Phi) is 3.04. The Morgan fingerprint density at radius 3 is 2.50 bits per heavy atom. The number of halogens is 1. The molecule has 1 aliphatic rings. The summed E-state index contributed by atoms with van der Waals surface area (Å²) in [5.74, 6) is -0.202. The molecular formula is C10H15BrO3. The number of Topliss-reactive ketones (excluding diaryl/α,β-unsaturated/α-hetero) is 1. The standard InChI is InChI=1S/C10H15BrO3/c1-4-5-7(12)10(11)6-9(10,2)8(13)14-3/h4-6H2,1-3H3. The van der Waals surface area contributed by atoms with E-state index in [4.69, 9.17) is 0 Å². The maximum absolute atomic E-state index is 11.7. The van der Waals surface area contributed by atoms with Crippen LogP contribution in [0.5, 0.6) is 0 Å². The molecule has 1 saturated carbocycles. The summed E-state index contributed by atoms with van der Waals surface area (Å²) in [7, 11) is 1.35. The van der Waals surface area contributed by atoms with Crippen molar-refractivity contribution in [2.75, 3.05) is 7.11 Å². The first kappa shape index (κ1) is 11.7. The molecule has 0 spiro atoms. The van der Waals surface area contributed by atoms with Gasteiger partial charge in [0.2, 0.25) is 0 Å². The summed E-state index contributed by atoms with van der Waals surface area (Å²) in [6.45, 7) is 3.72. The first-order valence-electron chi connectivity index (χ1n) is 4.73. The lowest BCUT2D eigenvalue weighted by molar-refractivity contribution is -0.147. The average Bonchev–Trinajstić information content (AvgIpc) is 2.72. The Balaban J connectivity index is 2.74. The van der Waals surface area contributed by atoms with E-state index in [0.717, 1.165) is 6.42 Å². The van der Waals surface area contributed by atoms with Crippen LogP contribution in [0.4, 0.5) is 0 Å². The summed E-state index contributed by atoms with van der Waals surface area (Å²) >= 11 is 3.37. The SMILES string of the molecule is CCCC(=O)C1(Br)CC1(C)C(=O)OC. The maximum Gasteiger partial charge on any atom is 0.313 e. The van der Waals surface area contributed by atoms with Crippen LogP contribution >= 0.6 is 15.9 Å². The third kappa shape index (κ3) is 1.49. The molecule has 0 aromatic heterocycles. The summed E-state index contributed by atoms with van der Waals surface area (Å²) in [4.78, 5) is 23.1. The summed E-state index contributed by atoms with van der Waals surface area (Å²) < 4.78 is 4.02. The molecule has 0 amide bonds. The molecule has 0 heterocycles. The molecule has 0 aliphatic heterocycles. The Labute approximate surface area is 92.3 Å². The average molecular weight is 263 g/mol. The largest absolute Gasteiger partial charge is 0.469 e. The van der Waals surface area contributed by atoms with Crippen LogP contribution in [0, 0.1) is 5.41 Å². The summed E-state index contributed by atoms with van der Waals surface area (Å²) in [5, 5.41) is 0. The van der Waals surface area contributed by atoms with Crippen LogP contribution in [0.25, 0.3) is 0 Å². The van der Waals surface area contributed by atoms with E-state index in [9.17, 15) is 9.59 Å². The summed E-state index contributed by atoms with van der Waals surface area (Å²) in [6.07, 6.45) is 1.87. The van der Waals surface area contributed by atoms with Crippen LogP contribution in [0.3, 0.4) is 0 Å². The smallest absolute Gasteiger partial charge is 0.313 e. The molecule has 1 aliphatic carbocycles. The van der Waals surface area contributed by atoms with Crippen molar-refractivity contribution in [3.63, 3.8) is 0 Å². The van der Waals surface area contributed by atoms with E-state index >= 15 is 0 Å². The zero-order valence-corrected chi connectivity index (χ0v) is 10.3. The zero-order valence-electron chi connectivity index (χ0n) is 8.72. The number of rotatable bonds is 4. The van der Waals surface area contributed by atoms with Gasteiger partial charge in [-0.1, -0.05) is 22.9 Å².